The molecule has 6 heteroatoms. The van der Waals surface area contributed by atoms with E-state index in [0.717, 1.165) is 0 Å². The van der Waals surface area contributed by atoms with Gasteiger partial charge in [-0.05, 0) is 6.92 Å². The van der Waals surface area contributed by atoms with Crippen LogP contribution < -0.4 is 0 Å². The molecule has 0 rings (SSSR count). The van der Waals surface area contributed by atoms with Crippen molar-refractivity contribution in [1.29, 1.82) is 0 Å². The molecule has 0 heterocycles. The lowest BCUT2D eigenvalue weighted by Gasteiger charge is -2.19. The number of hydrogen-bond donors (Lipinski definition) is 0. The maximum atomic E-state index is 11.9. The lowest BCUT2D eigenvalue weighted by molar-refractivity contribution is -0.309. The fraction of sp³-hybridized carbons (Fsp3) is 1.00. The minimum Gasteiger partial charge on any atom is -0.315 e. The van der Waals surface area contributed by atoms with Gasteiger partial charge in [0, 0.05) is 15.9 Å². The average Bonchev–Trinajstić information content (AvgIpc) is 1.61. The lowest BCUT2D eigenvalue weighted by atomic mass is 10.6. The van der Waals surface area contributed by atoms with E-state index < -0.39 is 17.5 Å². The van der Waals surface area contributed by atoms with E-state index in [9.17, 15) is 17.6 Å². The van der Waals surface area contributed by atoms with Crippen molar-refractivity contribution in [1.82, 2.24) is 0 Å². The third-order valence-corrected chi connectivity index (χ3v) is 1.12. The van der Waals surface area contributed by atoms with Crippen LogP contribution >= 0.6 is 15.9 Å². The fourth-order valence-corrected chi connectivity index (χ4v) is 0.378. The molecule has 0 aliphatic heterocycles. The first-order valence-electron chi connectivity index (χ1n) is 2.39. The molecular weight excluding hydrogens is 220 g/mol. The summed E-state index contributed by atoms with van der Waals surface area (Å²) in [6.45, 7) is 0.737. The van der Waals surface area contributed by atoms with E-state index in [-0.39, 0.29) is 0 Å². The van der Waals surface area contributed by atoms with Crippen molar-refractivity contribution in [3.8, 4) is 0 Å². The Hall–Kier alpha value is 0.160. The van der Waals surface area contributed by atoms with Crippen LogP contribution in [0.4, 0.5) is 17.6 Å². The topological polar surface area (TPSA) is 9.23 Å². The third kappa shape index (κ3) is 2.42. The number of rotatable bonds is 3. The van der Waals surface area contributed by atoms with Gasteiger partial charge in [-0.25, -0.2) is 0 Å². The minimum absolute atomic E-state index is 0.464. The van der Waals surface area contributed by atoms with Crippen LogP contribution in [0.5, 0.6) is 0 Å². The fourth-order valence-electron chi connectivity index (χ4n) is 0.263. The lowest BCUT2D eigenvalue weighted by Crippen LogP contribution is -2.37. The van der Waals surface area contributed by atoms with Gasteiger partial charge in [0.2, 0.25) is 0 Å². The molecule has 0 saturated heterocycles. The van der Waals surface area contributed by atoms with Crippen LogP contribution in [0.3, 0.4) is 0 Å². The second kappa shape index (κ2) is 3.04. The summed E-state index contributed by atoms with van der Waals surface area (Å²) in [7, 11) is 0. The molecule has 0 aromatic rings. The summed E-state index contributed by atoms with van der Waals surface area (Å²) in [5.41, 5.74) is 0. The van der Waals surface area contributed by atoms with Crippen LogP contribution in [0, 0.1) is 0 Å². The normalized spacial score (nSPS) is 13.8. The molecule has 0 unspecified atom stereocenters. The molecule has 0 saturated carbocycles. The SMILES string of the molecule is CCOC(F)(F)C(F)(F)Br. The molecule has 0 bridgehead atoms. The van der Waals surface area contributed by atoms with Gasteiger partial charge in [-0.15, -0.1) is 0 Å². The van der Waals surface area contributed by atoms with Gasteiger partial charge in [-0.2, -0.15) is 17.6 Å². The summed E-state index contributed by atoms with van der Waals surface area (Å²) in [5.74, 6) is 0. The third-order valence-electron chi connectivity index (χ3n) is 0.656. The zero-order chi connectivity index (χ0) is 8.41. The van der Waals surface area contributed by atoms with Crippen molar-refractivity contribution < 1.29 is 22.3 Å². The van der Waals surface area contributed by atoms with Crippen LogP contribution in [0.2, 0.25) is 0 Å². The quantitative estimate of drug-likeness (QED) is 0.529. The van der Waals surface area contributed by atoms with Gasteiger partial charge in [0.05, 0.1) is 6.61 Å². The molecule has 0 aromatic heterocycles. The van der Waals surface area contributed by atoms with Crippen LogP contribution in [0.1, 0.15) is 6.92 Å². The second-order valence-electron chi connectivity index (χ2n) is 1.45. The Morgan fingerprint density at radius 2 is 1.70 bits per heavy atom. The standard InChI is InChI=1S/C4H5BrF4O/c1-2-10-4(8,9)3(5,6)7/h2H2,1H3. The van der Waals surface area contributed by atoms with Crippen molar-refractivity contribution in [2.24, 2.45) is 0 Å². The summed E-state index contributed by atoms with van der Waals surface area (Å²) < 4.78 is 50.7. The first-order valence-corrected chi connectivity index (χ1v) is 3.19. The summed E-state index contributed by atoms with van der Waals surface area (Å²) in [5, 5.41) is 0. The molecule has 0 radical (unpaired) electrons. The van der Waals surface area contributed by atoms with Crippen LogP contribution in [0.15, 0.2) is 0 Å². The monoisotopic (exact) mass is 224 g/mol. The van der Waals surface area contributed by atoms with E-state index in [0.29, 0.717) is 0 Å². The van der Waals surface area contributed by atoms with Crippen LogP contribution in [-0.4, -0.2) is 17.5 Å². The Kier molecular flexibility index (Phi) is 3.09. The van der Waals surface area contributed by atoms with Gasteiger partial charge in [0.25, 0.3) is 0 Å². The van der Waals surface area contributed by atoms with E-state index in [1.54, 1.807) is 0 Å². The van der Waals surface area contributed by atoms with Gasteiger partial charge >= 0.3 is 10.9 Å². The summed E-state index contributed by atoms with van der Waals surface area (Å²) in [6, 6.07) is 0. The molecule has 0 aliphatic rings. The molecule has 0 amide bonds. The summed E-state index contributed by atoms with van der Waals surface area (Å²) >= 11 is 1.49. The van der Waals surface area contributed by atoms with Crippen LogP contribution in [0.25, 0.3) is 0 Å². The molecular formula is C4H5BrF4O. The Balaban J connectivity index is 4.10. The molecule has 0 spiro atoms. The van der Waals surface area contributed by atoms with Crippen molar-refractivity contribution in [2.45, 2.75) is 17.9 Å². The molecule has 0 N–H and O–H groups in total. The number of hydrogen-bond acceptors (Lipinski definition) is 1. The first kappa shape index (κ1) is 10.2. The molecule has 0 aromatic carbocycles. The van der Waals surface area contributed by atoms with Gasteiger partial charge in [0.1, 0.15) is 0 Å². The van der Waals surface area contributed by atoms with Gasteiger partial charge in [-0.3, -0.25) is 0 Å². The minimum atomic E-state index is -4.43. The van der Waals surface area contributed by atoms with Gasteiger partial charge in [-0.1, -0.05) is 0 Å². The Morgan fingerprint density at radius 3 is 1.80 bits per heavy atom. The first-order chi connectivity index (χ1) is 4.31. The van der Waals surface area contributed by atoms with Crippen molar-refractivity contribution in [3.63, 3.8) is 0 Å². The Morgan fingerprint density at radius 1 is 1.30 bits per heavy atom. The highest BCUT2D eigenvalue weighted by Gasteiger charge is 2.55. The number of ether oxygens (including phenoxy) is 1. The maximum Gasteiger partial charge on any atom is 0.430 e. The highest BCUT2D eigenvalue weighted by molar-refractivity contribution is 9.10. The predicted octanol–water partition coefficient (Wildman–Crippen LogP) is 2.60. The van der Waals surface area contributed by atoms with Gasteiger partial charge in [0.15, 0.2) is 0 Å². The zero-order valence-electron chi connectivity index (χ0n) is 5.01. The second-order valence-corrected chi connectivity index (χ2v) is 2.44. The van der Waals surface area contributed by atoms with Crippen molar-refractivity contribution in [2.75, 3.05) is 6.61 Å². The molecule has 0 fully saturated rings. The Bertz CT molecular complexity index is 110. The zero-order valence-corrected chi connectivity index (χ0v) is 6.59. The van der Waals surface area contributed by atoms with E-state index >= 15 is 0 Å². The maximum absolute atomic E-state index is 11.9. The van der Waals surface area contributed by atoms with Crippen molar-refractivity contribution in [3.05, 3.63) is 0 Å². The summed E-state index contributed by atoms with van der Waals surface area (Å²) in [6.07, 6.45) is -4.43. The van der Waals surface area contributed by atoms with E-state index in [1.807, 2.05) is 0 Å². The molecule has 10 heavy (non-hydrogen) atoms. The van der Waals surface area contributed by atoms with E-state index in [1.165, 1.54) is 22.9 Å². The van der Waals surface area contributed by atoms with Gasteiger partial charge < -0.3 is 4.74 Å². The van der Waals surface area contributed by atoms with Crippen LogP contribution in [-0.2, 0) is 4.74 Å². The van der Waals surface area contributed by atoms with Crippen molar-refractivity contribution >= 4 is 15.9 Å². The number of alkyl halides is 5. The van der Waals surface area contributed by atoms with E-state index in [2.05, 4.69) is 4.74 Å². The summed E-state index contributed by atoms with van der Waals surface area (Å²) in [4.78, 5) is -4.30. The molecule has 0 atom stereocenters. The Labute approximate surface area is 63.5 Å². The molecule has 0 aliphatic carbocycles. The molecule has 62 valence electrons. The van der Waals surface area contributed by atoms with E-state index in [4.69, 9.17) is 0 Å². The average molecular weight is 225 g/mol. The highest BCUT2D eigenvalue weighted by atomic mass is 79.9. The largest absolute Gasteiger partial charge is 0.430 e. The molecule has 1 nitrogen and oxygen atoms in total. The number of halogens is 5. The smallest absolute Gasteiger partial charge is 0.315 e. The predicted molar refractivity (Wildman–Crippen MR) is 30.4 cm³/mol. The highest BCUT2D eigenvalue weighted by Crippen LogP contribution is 2.39.